The van der Waals surface area contributed by atoms with Crippen LogP contribution in [0.1, 0.15) is 27.6 Å². The monoisotopic (exact) mass is 336 g/mol. The average molecular weight is 336 g/mol. The summed E-state index contributed by atoms with van der Waals surface area (Å²) in [5.41, 5.74) is 0.00171. The number of hydrogen-bond donors (Lipinski definition) is 5. The molecule has 0 aromatic heterocycles. The maximum absolute atomic E-state index is 11.1. The number of hydrogen-bond acceptors (Lipinski definition) is 7. The molecule has 128 valence electrons. The Bertz CT molecular complexity index is 698. The summed E-state index contributed by atoms with van der Waals surface area (Å²) in [7, 11) is 0. The second-order valence-electron chi connectivity index (χ2n) is 4.50. The van der Waals surface area contributed by atoms with Crippen LogP contribution in [0.4, 0.5) is 0 Å². The molecule has 0 heterocycles. The summed E-state index contributed by atoms with van der Waals surface area (Å²) in [6.45, 7) is 1.94. The first-order chi connectivity index (χ1) is 11.2. The maximum Gasteiger partial charge on any atom is 0.338 e. The summed E-state index contributed by atoms with van der Waals surface area (Å²) in [6, 6.07) is 6.79. The molecule has 8 nitrogen and oxygen atoms in total. The number of carboxylic acids is 1. The minimum atomic E-state index is -1.18. The summed E-state index contributed by atoms with van der Waals surface area (Å²) in [4.78, 5) is 21.4. The molecule has 0 fully saturated rings. The molecule has 8 heteroatoms. The largest absolute Gasteiger partial charge is 0.508 e. The lowest BCUT2D eigenvalue weighted by atomic mass is 10.2. The topological polar surface area (TPSA) is 145 Å². The predicted molar refractivity (Wildman–Crippen MR) is 82.5 cm³/mol. The zero-order chi connectivity index (χ0) is 18.3. The maximum atomic E-state index is 11.1. The highest BCUT2D eigenvalue weighted by Gasteiger charge is 2.08. The molecule has 24 heavy (non-hydrogen) atoms. The number of rotatable bonds is 3. The van der Waals surface area contributed by atoms with Crippen molar-refractivity contribution in [2.45, 2.75) is 6.92 Å². The molecule has 0 aliphatic heterocycles. The lowest BCUT2D eigenvalue weighted by Crippen LogP contribution is -2.03. The second kappa shape index (κ2) is 8.28. The molecule has 0 bridgehead atoms. The first kappa shape index (κ1) is 18.6. The summed E-state index contributed by atoms with van der Waals surface area (Å²) in [5.74, 6) is -2.60. The number of aromatic carboxylic acids is 1. The van der Waals surface area contributed by atoms with Gasteiger partial charge < -0.3 is 30.3 Å². The van der Waals surface area contributed by atoms with E-state index in [1.807, 2.05) is 0 Å². The van der Waals surface area contributed by atoms with E-state index < -0.39 is 11.9 Å². The summed E-state index contributed by atoms with van der Waals surface area (Å²) in [6.07, 6.45) is 0. The molecule has 2 aromatic rings. The highest BCUT2D eigenvalue weighted by atomic mass is 16.5. The van der Waals surface area contributed by atoms with Gasteiger partial charge in [-0.05, 0) is 31.2 Å². The number of ether oxygens (including phenoxy) is 1. The Balaban J connectivity index is 0.000000243. The summed E-state index contributed by atoms with van der Waals surface area (Å²) in [5, 5.41) is 44.1. The third-order valence-electron chi connectivity index (χ3n) is 2.56. The lowest BCUT2D eigenvalue weighted by molar-refractivity contribution is 0.0525. The molecule has 5 N–H and O–H groups in total. The fourth-order valence-electron chi connectivity index (χ4n) is 1.65. The molecule has 0 aliphatic rings. The van der Waals surface area contributed by atoms with Gasteiger partial charge in [-0.15, -0.1) is 0 Å². The number of carboxylic acid groups (broad SMARTS) is 1. The van der Waals surface area contributed by atoms with E-state index in [0.717, 1.165) is 24.3 Å². The molecular formula is C16H16O8. The van der Waals surface area contributed by atoms with Crippen LogP contribution in [0.3, 0.4) is 0 Å². The Morgan fingerprint density at radius 1 is 0.792 bits per heavy atom. The second-order valence-corrected chi connectivity index (χ2v) is 4.50. The molecule has 0 unspecified atom stereocenters. The van der Waals surface area contributed by atoms with Crippen LogP contribution < -0.4 is 0 Å². The van der Waals surface area contributed by atoms with Crippen molar-refractivity contribution in [3.8, 4) is 23.0 Å². The smallest absolute Gasteiger partial charge is 0.338 e. The molecule has 2 rings (SSSR count). The van der Waals surface area contributed by atoms with Crippen molar-refractivity contribution >= 4 is 11.9 Å². The van der Waals surface area contributed by atoms with Gasteiger partial charge in [0.2, 0.25) is 0 Å². The number of esters is 1. The van der Waals surface area contributed by atoms with Crippen LogP contribution in [-0.4, -0.2) is 44.1 Å². The van der Waals surface area contributed by atoms with Crippen molar-refractivity contribution in [3.05, 3.63) is 47.5 Å². The van der Waals surface area contributed by atoms with Crippen LogP contribution in [0.15, 0.2) is 36.4 Å². The van der Waals surface area contributed by atoms with E-state index in [1.54, 1.807) is 6.92 Å². The highest BCUT2D eigenvalue weighted by Crippen LogP contribution is 2.21. The molecule has 0 atom stereocenters. The van der Waals surface area contributed by atoms with E-state index in [9.17, 15) is 9.59 Å². The fraction of sp³-hybridized carbons (Fsp3) is 0.125. The first-order valence-corrected chi connectivity index (χ1v) is 6.69. The van der Waals surface area contributed by atoms with Crippen molar-refractivity contribution in [1.29, 1.82) is 0 Å². The van der Waals surface area contributed by atoms with E-state index in [2.05, 4.69) is 4.74 Å². The van der Waals surface area contributed by atoms with Gasteiger partial charge in [-0.1, -0.05) is 0 Å². The first-order valence-electron chi connectivity index (χ1n) is 6.69. The van der Waals surface area contributed by atoms with Crippen LogP contribution in [0.5, 0.6) is 23.0 Å². The Morgan fingerprint density at radius 3 is 1.50 bits per heavy atom. The van der Waals surface area contributed by atoms with E-state index in [-0.39, 0.29) is 40.7 Å². The minimum absolute atomic E-state index is 0.137. The van der Waals surface area contributed by atoms with Crippen LogP contribution in [-0.2, 0) is 4.74 Å². The van der Waals surface area contributed by atoms with Gasteiger partial charge in [0.25, 0.3) is 0 Å². The lowest BCUT2D eigenvalue weighted by Gasteiger charge is -2.02. The highest BCUT2D eigenvalue weighted by molar-refractivity contribution is 5.90. The number of phenolic OH excluding ortho intramolecular Hbond substituents is 4. The molecule has 0 saturated carbocycles. The third-order valence-corrected chi connectivity index (χ3v) is 2.56. The molecule has 0 saturated heterocycles. The van der Waals surface area contributed by atoms with E-state index in [4.69, 9.17) is 25.5 Å². The summed E-state index contributed by atoms with van der Waals surface area (Å²) >= 11 is 0. The van der Waals surface area contributed by atoms with Crippen molar-refractivity contribution in [2.75, 3.05) is 6.61 Å². The van der Waals surface area contributed by atoms with E-state index in [0.29, 0.717) is 0 Å². The summed E-state index contributed by atoms with van der Waals surface area (Å²) < 4.78 is 4.68. The third kappa shape index (κ3) is 5.76. The quantitative estimate of drug-likeness (QED) is 0.536. The van der Waals surface area contributed by atoms with Gasteiger partial charge in [-0.25, -0.2) is 9.59 Å². The van der Waals surface area contributed by atoms with Gasteiger partial charge >= 0.3 is 11.9 Å². The van der Waals surface area contributed by atoms with Crippen molar-refractivity contribution in [1.82, 2.24) is 0 Å². The van der Waals surface area contributed by atoms with Gasteiger partial charge in [0, 0.05) is 12.1 Å². The van der Waals surface area contributed by atoms with Gasteiger partial charge in [0.05, 0.1) is 17.7 Å². The number of carbonyl (C=O) groups excluding carboxylic acids is 1. The van der Waals surface area contributed by atoms with Crippen molar-refractivity contribution in [2.24, 2.45) is 0 Å². The normalized spacial score (nSPS) is 9.54. The SMILES string of the molecule is CCOC(=O)c1cc(O)cc(O)c1.O=C(O)c1cc(O)cc(O)c1. The minimum Gasteiger partial charge on any atom is -0.508 e. The van der Waals surface area contributed by atoms with Crippen LogP contribution >= 0.6 is 0 Å². The molecule has 2 aromatic carbocycles. The number of benzene rings is 2. The molecule has 0 spiro atoms. The molecule has 0 radical (unpaired) electrons. The Kier molecular flexibility index (Phi) is 6.42. The van der Waals surface area contributed by atoms with Gasteiger partial charge in [0.15, 0.2) is 0 Å². The molecule has 0 aliphatic carbocycles. The zero-order valence-corrected chi connectivity index (χ0v) is 12.6. The molecule has 0 amide bonds. The van der Waals surface area contributed by atoms with Gasteiger partial charge in [0.1, 0.15) is 23.0 Å². The Morgan fingerprint density at radius 2 is 1.17 bits per heavy atom. The van der Waals surface area contributed by atoms with Gasteiger partial charge in [-0.3, -0.25) is 0 Å². The Labute approximate surface area is 136 Å². The Hall–Kier alpha value is -3.42. The van der Waals surface area contributed by atoms with E-state index >= 15 is 0 Å². The molecular weight excluding hydrogens is 320 g/mol. The number of aromatic hydroxyl groups is 4. The van der Waals surface area contributed by atoms with Crippen molar-refractivity contribution < 1.29 is 39.9 Å². The van der Waals surface area contributed by atoms with Crippen molar-refractivity contribution in [3.63, 3.8) is 0 Å². The van der Waals surface area contributed by atoms with E-state index in [1.165, 1.54) is 12.1 Å². The zero-order valence-electron chi connectivity index (χ0n) is 12.6. The fourth-order valence-corrected chi connectivity index (χ4v) is 1.65. The number of phenols is 4. The van der Waals surface area contributed by atoms with Crippen LogP contribution in [0.25, 0.3) is 0 Å². The number of carbonyl (C=O) groups is 2. The average Bonchev–Trinajstić information content (AvgIpc) is 2.46. The van der Waals surface area contributed by atoms with Gasteiger partial charge in [-0.2, -0.15) is 0 Å². The van der Waals surface area contributed by atoms with Crippen LogP contribution in [0.2, 0.25) is 0 Å². The standard InChI is InChI=1S/C9H10O4.C7H6O4/c1-2-13-9(12)6-3-7(10)5-8(11)4-6;8-5-1-4(7(10)11)2-6(9)3-5/h3-5,10-11H,2H2,1H3;1-3,8-9H,(H,10,11). The van der Waals surface area contributed by atoms with Crippen LogP contribution in [0, 0.1) is 0 Å². The predicted octanol–water partition coefficient (Wildman–Crippen LogP) is 2.07.